The van der Waals surface area contributed by atoms with Gasteiger partial charge in [-0.3, -0.25) is 55.3 Å². The van der Waals surface area contributed by atoms with Crippen molar-refractivity contribution in [3.8, 4) is 0 Å². The van der Waals surface area contributed by atoms with Crippen LogP contribution in [0.15, 0.2) is 0 Å². The van der Waals surface area contributed by atoms with Gasteiger partial charge in [-0.15, -0.1) is 0 Å². The molecule has 7 rings (SSSR count). The maximum atomic E-state index is 13.5. The lowest BCUT2D eigenvalue weighted by Crippen LogP contribution is -2.66. The van der Waals surface area contributed by atoms with Crippen LogP contribution in [0, 0.1) is 17.8 Å². The molecule has 0 aromatic carbocycles. The molecule has 2 aliphatic carbocycles. The van der Waals surface area contributed by atoms with Gasteiger partial charge in [-0.1, -0.05) is 33.1 Å². The van der Waals surface area contributed by atoms with Crippen LogP contribution in [0.5, 0.6) is 0 Å². The number of hydrazine groups is 1. The lowest BCUT2D eigenvalue weighted by molar-refractivity contribution is -0.151. The summed E-state index contributed by atoms with van der Waals surface area (Å²) in [4.78, 5) is 57.2. The fourth-order valence-electron chi connectivity index (χ4n) is 10.5. The maximum Gasteiger partial charge on any atom is 0.249 e. The van der Waals surface area contributed by atoms with Gasteiger partial charge in [0.05, 0.1) is 24.2 Å². The molecule has 9 atom stereocenters. The second-order valence-corrected chi connectivity index (χ2v) is 16.4. The number of carbonyl (C=O) groups excluding carboxylic acids is 4. The van der Waals surface area contributed by atoms with Gasteiger partial charge in [-0.05, 0) is 57.3 Å². The number of piperazine rings is 1. The number of carbonyl (C=O) groups is 4. The van der Waals surface area contributed by atoms with Crippen LogP contribution in [0.4, 0.5) is 0 Å². The first kappa shape index (κ1) is 37.3. The van der Waals surface area contributed by atoms with E-state index in [1.54, 1.807) is 0 Å². The molecule has 14 heteroatoms. The Morgan fingerprint density at radius 3 is 2.25 bits per heavy atom. The Hall–Kier alpha value is -2.04. The minimum atomic E-state index is -0.861. The maximum absolute atomic E-state index is 13.5. The van der Waals surface area contributed by atoms with Crippen molar-refractivity contribution in [3.05, 3.63) is 0 Å². The van der Waals surface area contributed by atoms with Crippen molar-refractivity contribution < 1.29 is 19.2 Å². The average Bonchev–Trinajstić information content (AvgIpc) is 3.85. The topological polar surface area (TPSA) is 153 Å². The summed E-state index contributed by atoms with van der Waals surface area (Å²) in [5.41, 5.74) is 3.65. The van der Waals surface area contributed by atoms with Crippen LogP contribution in [0.1, 0.15) is 90.9 Å². The van der Waals surface area contributed by atoms with Gasteiger partial charge in [-0.2, -0.15) is 0 Å². The normalized spacial score (nSPS) is 37.0. The van der Waals surface area contributed by atoms with Crippen LogP contribution < -0.4 is 32.0 Å². The Morgan fingerprint density at radius 2 is 1.53 bits per heavy atom. The van der Waals surface area contributed by atoms with E-state index >= 15 is 0 Å². The molecular weight excluding hydrogens is 648 g/mol. The number of rotatable bonds is 14. The predicted octanol–water partition coefficient (Wildman–Crippen LogP) is -0.0866. The van der Waals surface area contributed by atoms with E-state index < -0.39 is 17.9 Å². The van der Waals surface area contributed by atoms with E-state index in [0.717, 1.165) is 77.7 Å². The summed E-state index contributed by atoms with van der Waals surface area (Å²) in [5, 5.41) is 20.3. The van der Waals surface area contributed by atoms with Gasteiger partial charge >= 0.3 is 0 Å². The van der Waals surface area contributed by atoms with Crippen molar-refractivity contribution in [3.63, 3.8) is 0 Å². The summed E-state index contributed by atoms with van der Waals surface area (Å²) in [6.07, 6.45) is 12.2. The first-order valence-electron chi connectivity index (χ1n) is 20.5. The number of likely N-dealkylation sites (tertiary alicyclic amines) is 1. The van der Waals surface area contributed by atoms with Gasteiger partial charge < -0.3 is 10.6 Å². The molecule has 286 valence electrons. The molecular formula is C37H64N10O4. The van der Waals surface area contributed by atoms with Crippen molar-refractivity contribution in [1.82, 2.24) is 51.7 Å². The fourth-order valence-corrected chi connectivity index (χ4v) is 10.5. The second-order valence-electron chi connectivity index (χ2n) is 16.4. The lowest BCUT2D eigenvalue weighted by Gasteiger charge is -2.45. The molecule has 7 aliphatic rings. The van der Waals surface area contributed by atoms with Crippen LogP contribution in [0.25, 0.3) is 0 Å². The van der Waals surface area contributed by atoms with E-state index in [1.165, 1.54) is 49.8 Å². The molecule has 14 nitrogen and oxygen atoms in total. The van der Waals surface area contributed by atoms with Gasteiger partial charge in [0.15, 0.2) is 0 Å². The summed E-state index contributed by atoms with van der Waals surface area (Å²) < 4.78 is 0. The zero-order valence-electron chi connectivity index (χ0n) is 31.0. The zero-order valence-corrected chi connectivity index (χ0v) is 31.0. The van der Waals surface area contributed by atoms with E-state index in [1.807, 2.05) is 0 Å². The number of amides is 4. The Bertz CT molecular complexity index is 1240. The molecule has 51 heavy (non-hydrogen) atoms. The monoisotopic (exact) mass is 713 g/mol. The summed E-state index contributed by atoms with van der Waals surface area (Å²) in [6.45, 7) is 13.7. The van der Waals surface area contributed by atoms with Crippen molar-refractivity contribution in [1.29, 1.82) is 0 Å². The van der Waals surface area contributed by atoms with Crippen LogP contribution in [0.2, 0.25) is 0 Å². The van der Waals surface area contributed by atoms with Crippen molar-refractivity contribution in [2.45, 2.75) is 133 Å². The molecule has 7 fully saturated rings. The van der Waals surface area contributed by atoms with Crippen LogP contribution in [-0.2, 0) is 19.2 Å². The molecule has 6 N–H and O–H groups in total. The van der Waals surface area contributed by atoms with E-state index in [0.29, 0.717) is 36.9 Å². The first-order chi connectivity index (χ1) is 24.8. The molecule has 0 bridgehead atoms. The third-order valence-electron chi connectivity index (χ3n) is 13.4. The lowest BCUT2D eigenvalue weighted by atomic mass is 9.77. The second kappa shape index (κ2) is 17.0. The highest BCUT2D eigenvalue weighted by Gasteiger charge is 2.55. The van der Waals surface area contributed by atoms with Gasteiger partial charge in [0, 0.05) is 89.5 Å². The minimum absolute atomic E-state index is 0.0592. The van der Waals surface area contributed by atoms with Gasteiger partial charge in [0.2, 0.25) is 23.6 Å². The molecule has 5 aliphatic heterocycles. The zero-order chi connectivity index (χ0) is 35.5. The average molecular weight is 713 g/mol. The van der Waals surface area contributed by atoms with Crippen molar-refractivity contribution in [2.75, 3.05) is 58.9 Å². The van der Waals surface area contributed by atoms with Crippen LogP contribution in [-0.4, -0.2) is 145 Å². The van der Waals surface area contributed by atoms with E-state index in [2.05, 4.69) is 60.7 Å². The quantitative estimate of drug-likeness (QED) is 0.134. The molecule has 5 saturated heterocycles. The molecule has 4 amide bonds. The molecule has 0 aromatic heterocycles. The summed E-state index contributed by atoms with van der Waals surface area (Å²) in [7, 11) is 0. The number of hydrogen-bond donors (Lipinski definition) is 6. The first-order valence-corrected chi connectivity index (χ1v) is 20.5. The van der Waals surface area contributed by atoms with Gasteiger partial charge in [0.25, 0.3) is 0 Å². The standard InChI is InChI=1S/C37H64N10O4/c1-3-24(4-2)29-23-32(47-31(42-29)12-13-40-47)41-26-9-8-25(22-26)38-14-16-44-18-20-45(21-19-44)17-15-39-28-7-5-6-27-34(28)37(51)46(36(27)50)30-10-11-33(48)43-35(30)49/h24-32,34,38-42H,3-23H2,1-2H3,(H,43,48,49)/t25-,26-,27?,28?,29?,30?,31?,32?,34?/m0/s1. The summed E-state index contributed by atoms with van der Waals surface area (Å²) in [6, 6.07) is 0.839. The predicted molar refractivity (Wildman–Crippen MR) is 194 cm³/mol. The molecule has 5 heterocycles. The SMILES string of the molecule is CCC(CC)C1CC(N[C@H]2CC[C@H](NCCN3CCN(CCNC4CCCC5C(=O)N(C6CCC(=O)NC6=O)C(=O)C45)CC3)C2)N2NCCC2N1. The molecule has 2 saturated carbocycles. The van der Waals surface area contributed by atoms with Crippen LogP contribution >= 0.6 is 0 Å². The van der Waals surface area contributed by atoms with Gasteiger partial charge in [0.1, 0.15) is 6.04 Å². The molecule has 7 unspecified atom stereocenters. The highest BCUT2D eigenvalue weighted by atomic mass is 16.2. The number of nitrogens with zero attached hydrogens (tertiary/aromatic N) is 4. The number of piperidine rings is 1. The van der Waals surface area contributed by atoms with Gasteiger partial charge in [-0.25, -0.2) is 5.01 Å². The molecule has 0 radical (unpaired) electrons. The number of fused-ring (bicyclic) bond motifs is 2. The molecule has 0 spiro atoms. The Balaban J connectivity index is 0.783. The van der Waals surface area contributed by atoms with E-state index in [4.69, 9.17) is 0 Å². The highest BCUT2D eigenvalue weighted by molar-refractivity contribution is 6.11. The third kappa shape index (κ3) is 8.38. The summed E-state index contributed by atoms with van der Waals surface area (Å²) in [5.74, 6) is -1.38. The van der Waals surface area contributed by atoms with E-state index in [9.17, 15) is 19.2 Å². The fraction of sp³-hybridized carbons (Fsp3) is 0.892. The Labute approximate surface area is 304 Å². The third-order valence-corrected chi connectivity index (χ3v) is 13.4. The van der Waals surface area contributed by atoms with Crippen LogP contribution in [0.3, 0.4) is 0 Å². The van der Waals surface area contributed by atoms with Crippen molar-refractivity contribution in [2.24, 2.45) is 17.8 Å². The number of hydrogen-bond acceptors (Lipinski definition) is 12. The Kier molecular flexibility index (Phi) is 12.4. The summed E-state index contributed by atoms with van der Waals surface area (Å²) >= 11 is 0. The Morgan fingerprint density at radius 1 is 0.804 bits per heavy atom. The number of imide groups is 2. The highest BCUT2D eigenvalue weighted by Crippen LogP contribution is 2.40. The molecule has 0 aromatic rings. The minimum Gasteiger partial charge on any atom is -0.313 e. The van der Waals surface area contributed by atoms with E-state index in [-0.39, 0.29) is 42.5 Å². The largest absolute Gasteiger partial charge is 0.313 e. The smallest absolute Gasteiger partial charge is 0.249 e. The van der Waals surface area contributed by atoms with Crippen molar-refractivity contribution >= 4 is 23.6 Å². The number of nitrogens with one attached hydrogen (secondary N) is 6.